The molecule has 2 unspecified atom stereocenters. The maximum atomic E-state index is 12.3. The minimum absolute atomic E-state index is 0.00630. The summed E-state index contributed by atoms with van der Waals surface area (Å²) < 4.78 is 9.16. The Labute approximate surface area is 103 Å². The van der Waals surface area contributed by atoms with Crippen molar-refractivity contribution in [2.75, 3.05) is 19.8 Å². The summed E-state index contributed by atoms with van der Waals surface area (Å²) >= 11 is 1.11. The fourth-order valence-corrected chi connectivity index (χ4v) is 2.38. The Morgan fingerprint density at radius 3 is 3.06 bits per heavy atom. The minimum atomic E-state index is -0.295. The normalized spacial score (nSPS) is 25.0. The van der Waals surface area contributed by atoms with Crippen LogP contribution >= 0.6 is 11.5 Å². The molecule has 2 rings (SSSR count). The maximum Gasteiger partial charge on any atom is 0.267 e. The third-order valence-electron chi connectivity index (χ3n) is 2.82. The van der Waals surface area contributed by atoms with E-state index in [0.717, 1.165) is 11.5 Å². The lowest BCUT2D eigenvalue weighted by atomic mass is 10.2. The molecule has 1 aromatic rings. The lowest BCUT2D eigenvalue weighted by Crippen LogP contribution is -2.52. The highest BCUT2D eigenvalue weighted by Gasteiger charge is 2.31. The van der Waals surface area contributed by atoms with Crippen LogP contribution in [0.15, 0.2) is 0 Å². The molecule has 0 aromatic carbocycles. The van der Waals surface area contributed by atoms with Crippen molar-refractivity contribution in [1.82, 2.24) is 14.5 Å². The highest BCUT2D eigenvalue weighted by molar-refractivity contribution is 7.07. The number of carbonyl (C=O) groups is 1. The summed E-state index contributed by atoms with van der Waals surface area (Å²) in [5, 5.41) is 12.9. The van der Waals surface area contributed by atoms with Crippen LogP contribution in [0.5, 0.6) is 0 Å². The average molecular weight is 257 g/mol. The average Bonchev–Trinajstić information content (AvgIpc) is 2.75. The SMILES string of the molecule is Cc1nnsc1C(=O)N1CC(CO)OCC1C. The van der Waals surface area contributed by atoms with E-state index in [4.69, 9.17) is 9.84 Å². The molecule has 2 heterocycles. The number of hydrogen-bond donors (Lipinski definition) is 1. The second-order valence-corrected chi connectivity index (χ2v) is 4.89. The van der Waals surface area contributed by atoms with Gasteiger partial charge in [0.2, 0.25) is 0 Å². The van der Waals surface area contributed by atoms with Crippen LogP contribution in [-0.2, 0) is 4.74 Å². The van der Waals surface area contributed by atoms with Crippen LogP contribution in [0, 0.1) is 6.92 Å². The van der Waals surface area contributed by atoms with Gasteiger partial charge in [0.15, 0.2) is 0 Å². The zero-order chi connectivity index (χ0) is 12.4. The third-order valence-corrected chi connectivity index (χ3v) is 3.63. The number of aryl methyl sites for hydroxylation is 1. The number of ether oxygens (including phenoxy) is 1. The molecule has 2 atom stereocenters. The zero-order valence-corrected chi connectivity index (χ0v) is 10.6. The van der Waals surface area contributed by atoms with Crippen molar-refractivity contribution in [2.45, 2.75) is 26.0 Å². The number of nitrogens with zero attached hydrogens (tertiary/aromatic N) is 3. The molecule has 0 radical (unpaired) electrons. The van der Waals surface area contributed by atoms with Crippen molar-refractivity contribution < 1.29 is 14.6 Å². The highest BCUT2D eigenvalue weighted by atomic mass is 32.1. The van der Waals surface area contributed by atoms with Crippen molar-refractivity contribution >= 4 is 17.4 Å². The van der Waals surface area contributed by atoms with Crippen LogP contribution in [-0.4, -0.2) is 57.4 Å². The first-order chi connectivity index (χ1) is 8.13. The summed E-state index contributed by atoms with van der Waals surface area (Å²) in [6.45, 7) is 4.48. The Kier molecular flexibility index (Phi) is 3.70. The molecule has 1 saturated heterocycles. The standard InChI is InChI=1S/C10H15N3O3S/c1-6-5-16-8(4-14)3-13(6)10(15)9-7(2)11-12-17-9/h6,8,14H,3-5H2,1-2H3. The smallest absolute Gasteiger partial charge is 0.267 e. The summed E-state index contributed by atoms with van der Waals surface area (Å²) in [5.74, 6) is -0.0771. The fourth-order valence-electron chi connectivity index (χ4n) is 1.77. The quantitative estimate of drug-likeness (QED) is 0.811. The van der Waals surface area contributed by atoms with E-state index < -0.39 is 0 Å². The lowest BCUT2D eigenvalue weighted by Gasteiger charge is -2.37. The van der Waals surface area contributed by atoms with Crippen LogP contribution in [0.1, 0.15) is 22.3 Å². The minimum Gasteiger partial charge on any atom is -0.394 e. The van der Waals surface area contributed by atoms with E-state index in [-0.39, 0.29) is 24.7 Å². The number of aliphatic hydroxyl groups excluding tert-OH is 1. The lowest BCUT2D eigenvalue weighted by molar-refractivity contribution is -0.0666. The third kappa shape index (κ3) is 2.46. The Balaban J connectivity index is 2.15. The molecule has 0 bridgehead atoms. The van der Waals surface area contributed by atoms with E-state index in [1.807, 2.05) is 6.92 Å². The topological polar surface area (TPSA) is 75.6 Å². The van der Waals surface area contributed by atoms with Gasteiger partial charge in [0.25, 0.3) is 5.91 Å². The predicted octanol–water partition coefficient (Wildman–Crippen LogP) is 0.0683. The molecule has 1 aliphatic heterocycles. The molecule has 94 valence electrons. The van der Waals surface area contributed by atoms with Crippen molar-refractivity contribution in [1.29, 1.82) is 0 Å². The fraction of sp³-hybridized carbons (Fsp3) is 0.700. The number of morpholine rings is 1. The molecule has 17 heavy (non-hydrogen) atoms. The van der Waals surface area contributed by atoms with Gasteiger partial charge in [-0.2, -0.15) is 0 Å². The van der Waals surface area contributed by atoms with Gasteiger partial charge in [0.05, 0.1) is 31.1 Å². The second kappa shape index (κ2) is 5.07. The van der Waals surface area contributed by atoms with Crippen LogP contribution in [0.3, 0.4) is 0 Å². The number of carbonyl (C=O) groups excluding carboxylic acids is 1. The van der Waals surface area contributed by atoms with E-state index >= 15 is 0 Å². The van der Waals surface area contributed by atoms with E-state index in [2.05, 4.69) is 9.59 Å². The zero-order valence-electron chi connectivity index (χ0n) is 9.79. The summed E-state index contributed by atoms with van der Waals surface area (Å²) in [7, 11) is 0. The second-order valence-electron chi connectivity index (χ2n) is 4.13. The molecule has 1 aliphatic rings. The molecule has 1 amide bonds. The first kappa shape index (κ1) is 12.4. The van der Waals surface area contributed by atoms with Gasteiger partial charge in [-0.25, -0.2) is 0 Å². The van der Waals surface area contributed by atoms with Gasteiger partial charge in [0.1, 0.15) is 4.88 Å². The molecule has 1 fully saturated rings. The Morgan fingerprint density at radius 2 is 2.47 bits per heavy atom. The molecule has 6 nitrogen and oxygen atoms in total. The van der Waals surface area contributed by atoms with Gasteiger partial charge in [-0.15, -0.1) is 5.10 Å². The Morgan fingerprint density at radius 1 is 1.71 bits per heavy atom. The van der Waals surface area contributed by atoms with Crippen LogP contribution in [0.25, 0.3) is 0 Å². The number of rotatable bonds is 2. The van der Waals surface area contributed by atoms with Crippen molar-refractivity contribution in [3.05, 3.63) is 10.6 Å². The monoisotopic (exact) mass is 257 g/mol. The van der Waals surface area contributed by atoms with Crippen LogP contribution in [0.4, 0.5) is 0 Å². The Bertz CT molecular complexity index is 409. The largest absolute Gasteiger partial charge is 0.394 e. The summed E-state index contributed by atoms with van der Waals surface area (Å²) in [6, 6.07) is 0.00630. The van der Waals surface area contributed by atoms with Crippen molar-refractivity contribution in [3.63, 3.8) is 0 Å². The first-order valence-corrected chi connectivity index (χ1v) is 6.23. The van der Waals surface area contributed by atoms with E-state index in [9.17, 15) is 4.79 Å². The number of aromatic nitrogens is 2. The van der Waals surface area contributed by atoms with E-state index in [1.54, 1.807) is 11.8 Å². The Hall–Kier alpha value is -1.05. The van der Waals surface area contributed by atoms with Crippen molar-refractivity contribution in [3.8, 4) is 0 Å². The van der Waals surface area contributed by atoms with Gasteiger partial charge < -0.3 is 14.7 Å². The summed E-state index contributed by atoms with van der Waals surface area (Å²) in [4.78, 5) is 14.6. The predicted molar refractivity (Wildman–Crippen MR) is 62.0 cm³/mol. The molecular formula is C10H15N3O3S. The van der Waals surface area contributed by atoms with Gasteiger partial charge in [-0.3, -0.25) is 4.79 Å². The van der Waals surface area contributed by atoms with Crippen LogP contribution < -0.4 is 0 Å². The summed E-state index contributed by atoms with van der Waals surface area (Å²) in [6.07, 6.45) is -0.295. The highest BCUT2D eigenvalue weighted by Crippen LogP contribution is 2.18. The molecule has 0 aliphatic carbocycles. The first-order valence-electron chi connectivity index (χ1n) is 5.46. The molecule has 0 saturated carbocycles. The van der Waals surface area contributed by atoms with E-state index in [1.165, 1.54) is 0 Å². The number of amides is 1. The molecule has 7 heteroatoms. The van der Waals surface area contributed by atoms with Crippen LogP contribution in [0.2, 0.25) is 0 Å². The maximum absolute atomic E-state index is 12.3. The van der Waals surface area contributed by atoms with Crippen molar-refractivity contribution in [2.24, 2.45) is 0 Å². The summed E-state index contributed by atoms with van der Waals surface area (Å²) in [5.41, 5.74) is 0.652. The van der Waals surface area contributed by atoms with E-state index in [0.29, 0.717) is 23.7 Å². The number of aliphatic hydroxyl groups is 1. The molecule has 0 spiro atoms. The van der Waals surface area contributed by atoms with Gasteiger partial charge in [0, 0.05) is 6.54 Å². The molecular weight excluding hydrogens is 242 g/mol. The molecule has 1 aromatic heterocycles. The van der Waals surface area contributed by atoms with Gasteiger partial charge in [-0.1, -0.05) is 4.49 Å². The van der Waals surface area contributed by atoms with Gasteiger partial charge in [-0.05, 0) is 25.4 Å². The molecule has 1 N–H and O–H groups in total. The number of hydrogen-bond acceptors (Lipinski definition) is 6. The van der Waals surface area contributed by atoms with Gasteiger partial charge >= 0.3 is 0 Å².